The molecular formula is C15H27N3O2. The molecule has 0 aliphatic carbocycles. The fourth-order valence-electron chi connectivity index (χ4n) is 2.41. The Hall–Kier alpha value is -1.52. The molecule has 20 heavy (non-hydrogen) atoms. The van der Waals surface area contributed by atoms with Crippen LogP contribution >= 0.6 is 0 Å². The molecule has 0 bridgehead atoms. The van der Waals surface area contributed by atoms with Gasteiger partial charge in [0, 0.05) is 13.0 Å². The maximum Gasteiger partial charge on any atom is 0.360 e. The molecule has 1 aromatic rings. The predicted molar refractivity (Wildman–Crippen MR) is 80.7 cm³/mol. The lowest BCUT2D eigenvalue weighted by molar-refractivity contribution is 0.0595. The number of aromatic nitrogens is 2. The van der Waals surface area contributed by atoms with Crippen molar-refractivity contribution < 1.29 is 9.53 Å². The van der Waals surface area contributed by atoms with Crippen molar-refractivity contribution in [2.75, 3.05) is 12.8 Å². The molecule has 2 N–H and O–H groups in total. The number of rotatable bonds is 8. The Bertz CT molecular complexity index is 441. The SMILES string of the molecule is CCCCC(CC)Cn1c(CC)nc(C(=O)OC)c1N. The molecule has 1 heterocycles. The van der Waals surface area contributed by atoms with Gasteiger partial charge in [-0.1, -0.05) is 40.0 Å². The van der Waals surface area contributed by atoms with Crippen LogP contribution in [0.5, 0.6) is 0 Å². The van der Waals surface area contributed by atoms with E-state index in [9.17, 15) is 4.79 Å². The maximum atomic E-state index is 11.7. The summed E-state index contributed by atoms with van der Waals surface area (Å²) in [7, 11) is 1.35. The summed E-state index contributed by atoms with van der Waals surface area (Å²) in [5.41, 5.74) is 6.33. The monoisotopic (exact) mass is 281 g/mol. The number of unbranched alkanes of at least 4 members (excludes halogenated alkanes) is 1. The highest BCUT2D eigenvalue weighted by molar-refractivity contribution is 5.92. The van der Waals surface area contributed by atoms with Gasteiger partial charge in [0.05, 0.1) is 7.11 Å². The molecule has 0 aliphatic rings. The van der Waals surface area contributed by atoms with Gasteiger partial charge >= 0.3 is 5.97 Å². The van der Waals surface area contributed by atoms with Crippen LogP contribution in [0.25, 0.3) is 0 Å². The highest BCUT2D eigenvalue weighted by atomic mass is 16.5. The number of carbonyl (C=O) groups is 1. The van der Waals surface area contributed by atoms with Crippen molar-refractivity contribution in [3.05, 3.63) is 11.5 Å². The molecular weight excluding hydrogens is 254 g/mol. The first-order chi connectivity index (χ1) is 9.58. The van der Waals surface area contributed by atoms with Crippen LogP contribution in [-0.4, -0.2) is 22.6 Å². The Morgan fingerprint density at radius 2 is 2.10 bits per heavy atom. The number of hydrogen-bond donors (Lipinski definition) is 1. The quantitative estimate of drug-likeness (QED) is 0.743. The number of methoxy groups -OCH3 is 1. The van der Waals surface area contributed by atoms with Crippen molar-refractivity contribution in [2.45, 2.75) is 59.4 Å². The van der Waals surface area contributed by atoms with E-state index in [2.05, 4.69) is 18.8 Å². The van der Waals surface area contributed by atoms with Crippen LogP contribution in [0, 0.1) is 5.92 Å². The fraction of sp³-hybridized carbons (Fsp3) is 0.733. The van der Waals surface area contributed by atoms with Crippen molar-refractivity contribution in [1.82, 2.24) is 9.55 Å². The largest absolute Gasteiger partial charge is 0.464 e. The average molecular weight is 281 g/mol. The summed E-state index contributed by atoms with van der Waals surface area (Å²) in [5.74, 6) is 1.40. The Morgan fingerprint density at radius 3 is 2.60 bits per heavy atom. The summed E-state index contributed by atoms with van der Waals surface area (Å²) < 4.78 is 6.71. The first-order valence-corrected chi connectivity index (χ1v) is 7.52. The lowest BCUT2D eigenvalue weighted by Gasteiger charge is -2.17. The van der Waals surface area contributed by atoms with Crippen molar-refractivity contribution >= 4 is 11.8 Å². The third-order valence-electron chi connectivity index (χ3n) is 3.76. The topological polar surface area (TPSA) is 70.1 Å². The van der Waals surface area contributed by atoms with Crippen LogP contribution in [0.2, 0.25) is 0 Å². The van der Waals surface area contributed by atoms with E-state index >= 15 is 0 Å². The van der Waals surface area contributed by atoms with E-state index in [1.165, 1.54) is 26.4 Å². The molecule has 5 nitrogen and oxygen atoms in total. The minimum Gasteiger partial charge on any atom is -0.464 e. The van der Waals surface area contributed by atoms with E-state index < -0.39 is 5.97 Å². The summed E-state index contributed by atoms with van der Waals surface area (Å²) in [6.07, 6.45) is 5.46. The number of nitrogens with two attached hydrogens (primary N) is 1. The first-order valence-electron chi connectivity index (χ1n) is 7.52. The van der Waals surface area contributed by atoms with Crippen molar-refractivity contribution in [2.24, 2.45) is 5.92 Å². The predicted octanol–water partition coefficient (Wildman–Crippen LogP) is 3.03. The molecule has 0 saturated heterocycles. The van der Waals surface area contributed by atoms with E-state index in [1.807, 2.05) is 11.5 Å². The minimum absolute atomic E-state index is 0.245. The van der Waals surface area contributed by atoms with Gasteiger partial charge in [0.1, 0.15) is 11.6 Å². The number of nitrogen functional groups attached to an aromatic ring is 1. The Labute approximate surface area is 121 Å². The van der Waals surface area contributed by atoms with E-state index in [0.717, 1.165) is 25.2 Å². The van der Waals surface area contributed by atoms with E-state index in [1.54, 1.807) is 0 Å². The van der Waals surface area contributed by atoms with Crippen LogP contribution in [0.3, 0.4) is 0 Å². The second kappa shape index (κ2) is 7.92. The molecule has 0 spiro atoms. The number of aryl methyl sites for hydroxylation is 1. The van der Waals surface area contributed by atoms with Gasteiger partial charge in [-0.15, -0.1) is 0 Å². The molecule has 114 valence electrons. The normalized spacial score (nSPS) is 12.4. The smallest absolute Gasteiger partial charge is 0.360 e. The van der Waals surface area contributed by atoms with Crippen molar-refractivity contribution in [1.29, 1.82) is 0 Å². The van der Waals surface area contributed by atoms with E-state index in [4.69, 9.17) is 10.5 Å². The van der Waals surface area contributed by atoms with Gasteiger partial charge in [-0.2, -0.15) is 0 Å². The number of hydrogen-bond acceptors (Lipinski definition) is 4. The van der Waals surface area contributed by atoms with E-state index in [-0.39, 0.29) is 5.69 Å². The number of ether oxygens (including phenoxy) is 1. The molecule has 1 unspecified atom stereocenters. The second-order valence-corrected chi connectivity index (χ2v) is 5.13. The molecule has 0 radical (unpaired) electrons. The van der Waals surface area contributed by atoms with Gasteiger partial charge in [0.2, 0.25) is 0 Å². The van der Waals surface area contributed by atoms with Crippen LogP contribution in [0.4, 0.5) is 5.82 Å². The molecule has 0 saturated carbocycles. The second-order valence-electron chi connectivity index (χ2n) is 5.13. The molecule has 1 atom stereocenters. The number of carbonyl (C=O) groups excluding carboxylic acids is 1. The summed E-state index contributed by atoms with van der Waals surface area (Å²) in [6, 6.07) is 0. The zero-order valence-electron chi connectivity index (χ0n) is 13.1. The third-order valence-corrected chi connectivity index (χ3v) is 3.76. The minimum atomic E-state index is -0.461. The molecule has 1 rings (SSSR count). The van der Waals surface area contributed by atoms with Gasteiger partial charge in [-0.05, 0) is 12.3 Å². The van der Waals surface area contributed by atoms with Crippen molar-refractivity contribution in [3.8, 4) is 0 Å². The lowest BCUT2D eigenvalue weighted by atomic mass is 9.99. The van der Waals surface area contributed by atoms with Crippen molar-refractivity contribution in [3.63, 3.8) is 0 Å². The van der Waals surface area contributed by atoms with E-state index in [0.29, 0.717) is 11.7 Å². The molecule has 0 aromatic carbocycles. The van der Waals surface area contributed by atoms with Gasteiger partial charge in [-0.3, -0.25) is 0 Å². The number of esters is 1. The molecule has 1 aromatic heterocycles. The van der Waals surface area contributed by atoms with Gasteiger partial charge in [0.25, 0.3) is 0 Å². The first kappa shape index (κ1) is 16.5. The Balaban J connectivity index is 2.97. The summed E-state index contributed by atoms with van der Waals surface area (Å²) in [5, 5.41) is 0. The van der Waals surface area contributed by atoms with Crippen LogP contribution in [0.15, 0.2) is 0 Å². The summed E-state index contributed by atoms with van der Waals surface area (Å²) in [4.78, 5) is 16.0. The maximum absolute atomic E-state index is 11.7. The Kier molecular flexibility index (Phi) is 6.55. The number of imidazole rings is 1. The summed E-state index contributed by atoms with van der Waals surface area (Å²) >= 11 is 0. The zero-order chi connectivity index (χ0) is 15.1. The zero-order valence-corrected chi connectivity index (χ0v) is 13.1. The third kappa shape index (κ3) is 3.74. The highest BCUT2D eigenvalue weighted by Gasteiger charge is 2.21. The highest BCUT2D eigenvalue weighted by Crippen LogP contribution is 2.22. The van der Waals surface area contributed by atoms with Gasteiger partial charge < -0.3 is 15.0 Å². The number of anilines is 1. The molecule has 5 heteroatoms. The van der Waals surface area contributed by atoms with Crippen LogP contribution in [-0.2, 0) is 17.7 Å². The molecule has 0 aliphatic heterocycles. The standard InChI is InChI=1S/C15H27N3O2/c1-5-8-9-11(6-2)10-18-12(7-3)17-13(14(18)16)15(19)20-4/h11H,5-10,16H2,1-4H3. The number of nitrogens with zero attached hydrogens (tertiary/aromatic N) is 2. The lowest BCUT2D eigenvalue weighted by Crippen LogP contribution is -2.15. The molecule has 0 fully saturated rings. The van der Waals surface area contributed by atoms with Gasteiger partial charge in [-0.25, -0.2) is 9.78 Å². The van der Waals surface area contributed by atoms with Crippen LogP contribution in [0.1, 0.15) is 62.8 Å². The summed E-state index contributed by atoms with van der Waals surface area (Å²) in [6.45, 7) is 7.24. The Morgan fingerprint density at radius 1 is 1.40 bits per heavy atom. The molecule has 0 amide bonds. The average Bonchev–Trinajstić information content (AvgIpc) is 2.79. The van der Waals surface area contributed by atoms with Crippen LogP contribution < -0.4 is 5.73 Å². The van der Waals surface area contributed by atoms with Gasteiger partial charge in [0.15, 0.2) is 5.69 Å². The fourth-order valence-corrected chi connectivity index (χ4v) is 2.41.